The Bertz CT molecular complexity index is 549. The molecule has 0 aromatic heterocycles. The number of nitrogens with zero attached hydrogens (tertiary/aromatic N) is 1. The van der Waals surface area contributed by atoms with Crippen LogP contribution >= 0.6 is 0 Å². The summed E-state index contributed by atoms with van der Waals surface area (Å²) in [5.41, 5.74) is -0.386. The van der Waals surface area contributed by atoms with E-state index in [2.05, 4.69) is 24.4 Å². The minimum atomic E-state index is -0.233. The second-order valence-electron chi connectivity index (χ2n) is 8.63. The van der Waals surface area contributed by atoms with Crippen molar-refractivity contribution >= 4 is 11.8 Å². The number of ether oxygens (including phenoxy) is 1. The number of rotatable bonds is 3. The fraction of sp³-hybridized carbons (Fsp3) is 0.800. The summed E-state index contributed by atoms with van der Waals surface area (Å²) in [6.45, 7) is 8.05. The summed E-state index contributed by atoms with van der Waals surface area (Å²) in [5.74, 6) is 0.396. The van der Waals surface area contributed by atoms with E-state index in [1.54, 1.807) is 0 Å². The molecule has 3 aliphatic rings. The third-order valence-corrected chi connectivity index (χ3v) is 6.16. The van der Waals surface area contributed by atoms with Gasteiger partial charge in [-0.05, 0) is 38.5 Å². The lowest BCUT2D eigenvalue weighted by Gasteiger charge is -2.42. The molecule has 2 fully saturated rings. The van der Waals surface area contributed by atoms with Crippen LogP contribution in [0.2, 0.25) is 0 Å². The zero-order chi connectivity index (χ0) is 18.1. The quantitative estimate of drug-likeness (QED) is 0.798. The van der Waals surface area contributed by atoms with Crippen LogP contribution in [0.15, 0.2) is 12.2 Å². The van der Waals surface area contributed by atoms with Gasteiger partial charge in [0, 0.05) is 19.0 Å². The van der Waals surface area contributed by atoms with Crippen LogP contribution in [-0.2, 0) is 14.3 Å². The third-order valence-electron chi connectivity index (χ3n) is 6.16. The first-order valence-corrected chi connectivity index (χ1v) is 9.72. The SMILES string of the molecule is CC(C)C(=O)NC1COC2(CCN(C(=O)C3(C)CC=CCC3)CC2)C1. The molecule has 2 atom stereocenters. The highest BCUT2D eigenvalue weighted by molar-refractivity contribution is 5.83. The number of likely N-dealkylation sites (tertiary alicyclic amines) is 1. The minimum Gasteiger partial charge on any atom is -0.373 e. The molecule has 2 saturated heterocycles. The Hall–Kier alpha value is -1.36. The zero-order valence-electron chi connectivity index (χ0n) is 15.8. The van der Waals surface area contributed by atoms with Gasteiger partial charge in [0.2, 0.25) is 11.8 Å². The van der Waals surface area contributed by atoms with Gasteiger partial charge in [0.25, 0.3) is 0 Å². The van der Waals surface area contributed by atoms with Crippen LogP contribution in [0.4, 0.5) is 0 Å². The van der Waals surface area contributed by atoms with Gasteiger partial charge in [-0.1, -0.05) is 32.9 Å². The number of piperidine rings is 1. The Morgan fingerprint density at radius 3 is 2.52 bits per heavy atom. The standard InChI is InChI=1S/C20H32N2O3/c1-15(2)17(23)21-16-13-20(25-14-16)9-11-22(12-10-20)18(24)19(3)7-5-4-6-8-19/h4-5,15-16H,6-14H2,1-3H3,(H,21,23). The van der Waals surface area contributed by atoms with Gasteiger partial charge >= 0.3 is 0 Å². The number of hydrogen-bond donors (Lipinski definition) is 1. The first-order chi connectivity index (χ1) is 11.8. The molecule has 0 aromatic rings. The second-order valence-corrected chi connectivity index (χ2v) is 8.63. The van der Waals surface area contributed by atoms with E-state index in [0.717, 1.165) is 51.6 Å². The van der Waals surface area contributed by atoms with E-state index in [4.69, 9.17) is 4.74 Å². The Morgan fingerprint density at radius 1 is 1.20 bits per heavy atom. The highest BCUT2D eigenvalue weighted by atomic mass is 16.5. The van der Waals surface area contributed by atoms with E-state index < -0.39 is 0 Å². The fourth-order valence-corrected chi connectivity index (χ4v) is 4.31. The van der Waals surface area contributed by atoms with Crippen molar-refractivity contribution in [3.63, 3.8) is 0 Å². The van der Waals surface area contributed by atoms with Crippen molar-refractivity contribution < 1.29 is 14.3 Å². The van der Waals surface area contributed by atoms with Crippen LogP contribution in [0.5, 0.6) is 0 Å². The molecule has 0 bridgehead atoms. The van der Waals surface area contributed by atoms with Gasteiger partial charge in [-0.2, -0.15) is 0 Å². The molecule has 3 rings (SSSR count). The summed E-state index contributed by atoms with van der Waals surface area (Å²) in [6, 6.07) is 0.109. The number of amides is 2. The monoisotopic (exact) mass is 348 g/mol. The number of carbonyl (C=O) groups is 2. The van der Waals surface area contributed by atoms with Gasteiger partial charge in [-0.3, -0.25) is 9.59 Å². The lowest BCUT2D eigenvalue weighted by atomic mass is 9.77. The summed E-state index contributed by atoms with van der Waals surface area (Å²) < 4.78 is 6.11. The van der Waals surface area contributed by atoms with Crippen molar-refractivity contribution in [3.05, 3.63) is 12.2 Å². The molecule has 0 radical (unpaired) electrons. The highest BCUT2D eigenvalue weighted by Crippen LogP contribution is 2.39. The van der Waals surface area contributed by atoms with Crippen molar-refractivity contribution in [1.29, 1.82) is 0 Å². The number of allylic oxidation sites excluding steroid dienone is 2. The lowest BCUT2D eigenvalue weighted by molar-refractivity contribution is -0.146. The Labute approximate surface area is 151 Å². The zero-order valence-corrected chi connectivity index (χ0v) is 15.8. The van der Waals surface area contributed by atoms with E-state index in [1.807, 2.05) is 18.7 Å². The Balaban J connectivity index is 1.53. The molecule has 1 spiro atoms. The van der Waals surface area contributed by atoms with Crippen molar-refractivity contribution in [2.75, 3.05) is 19.7 Å². The summed E-state index contributed by atoms with van der Waals surface area (Å²) in [6.07, 6.45) is 9.75. The lowest BCUT2D eigenvalue weighted by Crippen LogP contribution is -2.51. The summed E-state index contributed by atoms with van der Waals surface area (Å²) >= 11 is 0. The molecule has 5 nitrogen and oxygen atoms in total. The topological polar surface area (TPSA) is 58.6 Å². The normalized spacial score (nSPS) is 31.5. The second kappa shape index (κ2) is 7.10. The molecular formula is C20H32N2O3. The number of nitrogens with one attached hydrogen (secondary N) is 1. The van der Waals surface area contributed by atoms with Crippen LogP contribution in [0.25, 0.3) is 0 Å². The Morgan fingerprint density at radius 2 is 1.92 bits per heavy atom. The van der Waals surface area contributed by atoms with Crippen LogP contribution in [0, 0.1) is 11.3 Å². The Kier molecular flexibility index (Phi) is 5.24. The van der Waals surface area contributed by atoms with Crippen molar-refractivity contribution in [1.82, 2.24) is 10.2 Å². The molecule has 2 unspecified atom stereocenters. The van der Waals surface area contributed by atoms with Crippen LogP contribution in [0.3, 0.4) is 0 Å². The smallest absolute Gasteiger partial charge is 0.228 e. The fourth-order valence-electron chi connectivity index (χ4n) is 4.31. The van der Waals surface area contributed by atoms with Crippen molar-refractivity contribution in [2.45, 2.75) is 70.9 Å². The van der Waals surface area contributed by atoms with Gasteiger partial charge in [-0.25, -0.2) is 0 Å². The van der Waals surface area contributed by atoms with Crippen LogP contribution in [0.1, 0.15) is 59.3 Å². The molecule has 1 aliphatic carbocycles. The van der Waals surface area contributed by atoms with Gasteiger partial charge < -0.3 is 15.0 Å². The summed E-state index contributed by atoms with van der Waals surface area (Å²) in [7, 11) is 0. The number of hydrogen-bond acceptors (Lipinski definition) is 3. The summed E-state index contributed by atoms with van der Waals surface area (Å²) in [5, 5.41) is 3.09. The molecule has 5 heteroatoms. The minimum absolute atomic E-state index is 0.00121. The highest BCUT2D eigenvalue weighted by Gasteiger charge is 2.46. The molecule has 2 amide bonds. The predicted molar refractivity (Wildman–Crippen MR) is 97.0 cm³/mol. The molecule has 140 valence electrons. The molecule has 0 saturated carbocycles. The van der Waals surface area contributed by atoms with Crippen LogP contribution < -0.4 is 5.32 Å². The molecule has 25 heavy (non-hydrogen) atoms. The van der Waals surface area contributed by atoms with Gasteiger partial charge in [0.1, 0.15) is 0 Å². The predicted octanol–water partition coefficient (Wildman–Crippen LogP) is 2.66. The third kappa shape index (κ3) is 3.91. The maximum Gasteiger partial charge on any atom is 0.228 e. The molecule has 2 heterocycles. The van der Waals surface area contributed by atoms with E-state index in [1.165, 1.54) is 0 Å². The largest absolute Gasteiger partial charge is 0.373 e. The average Bonchev–Trinajstić information content (AvgIpc) is 2.98. The maximum absolute atomic E-state index is 13.0. The first-order valence-electron chi connectivity index (χ1n) is 9.72. The van der Waals surface area contributed by atoms with E-state index >= 15 is 0 Å². The van der Waals surface area contributed by atoms with E-state index in [0.29, 0.717) is 12.5 Å². The maximum atomic E-state index is 13.0. The summed E-state index contributed by atoms with van der Waals surface area (Å²) in [4.78, 5) is 26.9. The van der Waals surface area contributed by atoms with E-state index in [9.17, 15) is 9.59 Å². The number of carbonyl (C=O) groups excluding carboxylic acids is 2. The van der Waals surface area contributed by atoms with E-state index in [-0.39, 0.29) is 28.9 Å². The first kappa shape index (κ1) is 18.4. The molecular weight excluding hydrogens is 316 g/mol. The van der Waals surface area contributed by atoms with Crippen LogP contribution in [-0.4, -0.2) is 48.1 Å². The molecule has 0 aromatic carbocycles. The van der Waals surface area contributed by atoms with Gasteiger partial charge in [0.15, 0.2) is 0 Å². The van der Waals surface area contributed by atoms with Gasteiger partial charge in [-0.15, -0.1) is 0 Å². The van der Waals surface area contributed by atoms with Gasteiger partial charge in [0.05, 0.1) is 23.7 Å². The molecule has 1 N–H and O–H groups in total. The van der Waals surface area contributed by atoms with Crippen molar-refractivity contribution in [3.8, 4) is 0 Å². The van der Waals surface area contributed by atoms with Crippen molar-refractivity contribution in [2.24, 2.45) is 11.3 Å². The molecule has 2 aliphatic heterocycles. The average molecular weight is 348 g/mol.